The van der Waals surface area contributed by atoms with E-state index in [0.29, 0.717) is 11.3 Å². The zero-order valence-electron chi connectivity index (χ0n) is 15.7. The van der Waals surface area contributed by atoms with Crippen molar-refractivity contribution >= 4 is 17.3 Å². The number of carbonyl (C=O) groups excluding carboxylic acids is 1. The number of amides is 1. The van der Waals surface area contributed by atoms with Crippen molar-refractivity contribution in [1.82, 2.24) is 4.90 Å². The number of nitrogens with one attached hydrogen (secondary N) is 1. The van der Waals surface area contributed by atoms with E-state index in [9.17, 15) is 4.79 Å². The van der Waals surface area contributed by atoms with Gasteiger partial charge in [-0.3, -0.25) is 9.69 Å². The third kappa shape index (κ3) is 4.57. The summed E-state index contributed by atoms with van der Waals surface area (Å²) in [4.78, 5) is 17.1. The minimum absolute atomic E-state index is 0.0528. The van der Waals surface area contributed by atoms with Crippen LogP contribution < -0.4 is 15.0 Å². The molecule has 0 bridgehead atoms. The van der Waals surface area contributed by atoms with E-state index < -0.39 is 0 Å². The van der Waals surface area contributed by atoms with Gasteiger partial charge in [0.2, 0.25) is 5.91 Å². The third-order valence-electron chi connectivity index (χ3n) is 4.94. The molecule has 0 aliphatic carbocycles. The van der Waals surface area contributed by atoms with Gasteiger partial charge in [0.05, 0.1) is 24.8 Å². The number of methoxy groups -OCH3 is 1. The summed E-state index contributed by atoms with van der Waals surface area (Å²) >= 11 is 0. The lowest BCUT2D eigenvalue weighted by Gasteiger charge is -2.38. The van der Waals surface area contributed by atoms with Crippen LogP contribution in [0.4, 0.5) is 11.4 Å². The average molecular weight is 364 g/mol. The van der Waals surface area contributed by atoms with Crippen LogP contribution in [0.15, 0.2) is 48.5 Å². The molecule has 2 aromatic rings. The van der Waals surface area contributed by atoms with E-state index in [2.05, 4.69) is 33.3 Å². The topological polar surface area (TPSA) is 68.6 Å². The molecule has 0 radical (unpaired) electrons. The van der Waals surface area contributed by atoms with Crippen molar-refractivity contribution in [1.29, 1.82) is 5.26 Å². The number of nitriles is 1. The molecule has 1 aliphatic rings. The fraction of sp³-hybridized carbons (Fsp3) is 0.333. The average Bonchev–Trinajstić information content (AvgIpc) is 2.73. The van der Waals surface area contributed by atoms with Crippen LogP contribution in [-0.2, 0) is 4.79 Å². The summed E-state index contributed by atoms with van der Waals surface area (Å²) in [5.74, 6) is 0.797. The Morgan fingerprint density at radius 2 is 1.85 bits per heavy atom. The Kier molecular flexibility index (Phi) is 5.94. The van der Waals surface area contributed by atoms with Gasteiger partial charge in [-0.2, -0.15) is 5.26 Å². The van der Waals surface area contributed by atoms with Crippen LogP contribution >= 0.6 is 0 Å². The summed E-state index contributed by atoms with van der Waals surface area (Å²) in [6, 6.07) is 16.9. The Hall–Kier alpha value is -3.04. The van der Waals surface area contributed by atoms with Crippen molar-refractivity contribution in [2.45, 2.75) is 13.0 Å². The maximum atomic E-state index is 12.6. The molecule has 6 nitrogen and oxygen atoms in total. The van der Waals surface area contributed by atoms with Crippen LogP contribution in [-0.4, -0.2) is 50.1 Å². The molecule has 140 valence electrons. The molecule has 27 heavy (non-hydrogen) atoms. The monoisotopic (exact) mass is 364 g/mol. The van der Waals surface area contributed by atoms with Gasteiger partial charge in [0.15, 0.2) is 0 Å². The number of rotatable bonds is 5. The molecule has 0 aromatic heterocycles. The van der Waals surface area contributed by atoms with Crippen LogP contribution in [0.1, 0.15) is 12.5 Å². The van der Waals surface area contributed by atoms with Gasteiger partial charge in [0, 0.05) is 37.6 Å². The summed E-state index contributed by atoms with van der Waals surface area (Å²) in [6.45, 7) is 5.30. The van der Waals surface area contributed by atoms with E-state index in [4.69, 9.17) is 10.00 Å². The Balaban J connectivity index is 1.54. The second kappa shape index (κ2) is 8.56. The van der Waals surface area contributed by atoms with Gasteiger partial charge in [-0.05, 0) is 49.4 Å². The highest BCUT2D eigenvalue weighted by Crippen LogP contribution is 2.21. The summed E-state index contributed by atoms with van der Waals surface area (Å²) in [7, 11) is 1.66. The second-order valence-electron chi connectivity index (χ2n) is 6.58. The first-order valence-corrected chi connectivity index (χ1v) is 9.05. The fourth-order valence-electron chi connectivity index (χ4n) is 3.24. The van der Waals surface area contributed by atoms with E-state index in [1.807, 2.05) is 19.1 Å². The number of ether oxygens (including phenoxy) is 1. The molecule has 1 N–H and O–H groups in total. The first kappa shape index (κ1) is 18.7. The van der Waals surface area contributed by atoms with Gasteiger partial charge in [0.1, 0.15) is 5.75 Å². The maximum absolute atomic E-state index is 12.6. The summed E-state index contributed by atoms with van der Waals surface area (Å²) in [5.41, 5.74) is 2.36. The lowest BCUT2D eigenvalue weighted by Crippen LogP contribution is -2.52. The van der Waals surface area contributed by atoms with E-state index in [-0.39, 0.29) is 11.9 Å². The standard InChI is InChI=1S/C21H24N4O2/c1-16(21(26)23-18-5-3-4-17(14-18)15-22)24-10-12-25(13-11-24)19-6-8-20(27-2)9-7-19/h3-9,14,16H,10-13H2,1-2H3,(H,23,26)/t16-/m0/s1. The van der Waals surface area contributed by atoms with Crippen LogP contribution in [0.5, 0.6) is 5.75 Å². The minimum atomic E-state index is -0.228. The van der Waals surface area contributed by atoms with Crippen molar-refractivity contribution in [2.75, 3.05) is 43.5 Å². The number of nitrogens with zero attached hydrogens (tertiary/aromatic N) is 3. The van der Waals surface area contributed by atoms with Crippen LogP contribution in [0.25, 0.3) is 0 Å². The summed E-state index contributed by atoms with van der Waals surface area (Å²) in [6.07, 6.45) is 0. The lowest BCUT2D eigenvalue weighted by molar-refractivity contribution is -0.120. The normalized spacial score (nSPS) is 15.7. The smallest absolute Gasteiger partial charge is 0.241 e. The molecule has 6 heteroatoms. The predicted octanol–water partition coefficient (Wildman–Crippen LogP) is 2.72. The van der Waals surface area contributed by atoms with Crippen molar-refractivity contribution in [3.63, 3.8) is 0 Å². The Morgan fingerprint density at radius 1 is 1.15 bits per heavy atom. The Labute approximate surface area is 160 Å². The molecule has 2 aromatic carbocycles. The highest BCUT2D eigenvalue weighted by molar-refractivity contribution is 5.94. The number of hydrogen-bond acceptors (Lipinski definition) is 5. The zero-order valence-corrected chi connectivity index (χ0v) is 15.7. The number of benzene rings is 2. The van der Waals surface area contributed by atoms with Crippen LogP contribution in [0.3, 0.4) is 0 Å². The highest BCUT2D eigenvalue weighted by atomic mass is 16.5. The summed E-state index contributed by atoms with van der Waals surface area (Å²) < 4.78 is 5.21. The molecule has 3 rings (SSSR count). The second-order valence-corrected chi connectivity index (χ2v) is 6.58. The van der Waals surface area contributed by atoms with E-state index in [1.165, 1.54) is 5.69 Å². The first-order valence-electron chi connectivity index (χ1n) is 9.05. The number of hydrogen-bond donors (Lipinski definition) is 1. The van der Waals surface area contributed by atoms with E-state index >= 15 is 0 Å². The van der Waals surface area contributed by atoms with E-state index in [1.54, 1.807) is 31.4 Å². The number of piperazine rings is 1. The molecule has 1 amide bonds. The van der Waals surface area contributed by atoms with Gasteiger partial charge >= 0.3 is 0 Å². The molecule has 0 spiro atoms. The SMILES string of the molecule is COc1ccc(N2CCN([C@@H](C)C(=O)Nc3cccc(C#N)c3)CC2)cc1. The molecule has 1 heterocycles. The van der Waals surface area contributed by atoms with Gasteiger partial charge in [-0.1, -0.05) is 6.07 Å². The molecular formula is C21H24N4O2. The molecular weight excluding hydrogens is 340 g/mol. The van der Waals surface area contributed by atoms with Crippen LogP contribution in [0.2, 0.25) is 0 Å². The molecule has 1 aliphatic heterocycles. The van der Waals surface area contributed by atoms with Gasteiger partial charge in [-0.25, -0.2) is 0 Å². The minimum Gasteiger partial charge on any atom is -0.497 e. The summed E-state index contributed by atoms with van der Waals surface area (Å²) in [5, 5.41) is 11.9. The molecule has 1 atom stereocenters. The van der Waals surface area contributed by atoms with E-state index in [0.717, 1.165) is 31.9 Å². The van der Waals surface area contributed by atoms with Crippen LogP contribution in [0, 0.1) is 11.3 Å². The fourth-order valence-corrected chi connectivity index (χ4v) is 3.24. The lowest BCUT2D eigenvalue weighted by atomic mass is 10.1. The first-order chi connectivity index (χ1) is 13.1. The number of anilines is 2. The predicted molar refractivity (Wildman–Crippen MR) is 106 cm³/mol. The number of carbonyl (C=O) groups is 1. The Bertz CT molecular complexity index is 821. The quantitative estimate of drug-likeness (QED) is 0.883. The molecule has 1 fully saturated rings. The van der Waals surface area contributed by atoms with Crippen molar-refractivity contribution in [3.05, 3.63) is 54.1 Å². The zero-order chi connectivity index (χ0) is 19.2. The third-order valence-corrected chi connectivity index (χ3v) is 4.94. The molecule has 0 saturated carbocycles. The van der Waals surface area contributed by atoms with Gasteiger partial charge in [0.25, 0.3) is 0 Å². The highest BCUT2D eigenvalue weighted by Gasteiger charge is 2.25. The largest absolute Gasteiger partial charge is 0.497 e. The van der Waals surface area contributed by atoms with Gasteiger partial charge < -0.3 is 15.0 Å². The Morgan fingerprint density at radius 3 is 2.48 bits per heavy atom. The van der Waals surface area contributed by atoms with Crippen molar-refractivity contribution in [3.8, 4) is 11.8 Å². The maximum Gasteiger partial charge on any atom is 0.241 e. The van der Waals surface area contributed by atoms with Crippen molar-refractivity contribution < 1.29 is 9.53 Å². The van der Waals surface area contributed by atoms with Crippen molar-refractivity contribution in [2.24, 2.45) is 0 Å². The molecule has 1 saturated heterocycles. The molecule has 0 unspecified atom stereocenters. The van der Waals surface area contributed by atoms with Gasteiger partial charge in [-0.15, -0.1) is 0 Å².